The Kier molecular flexibility index (Phi) is 6.34. The maximum absolute atomic E-state index is 13.5. The number of aromatic nitrogens is 2. The van der Waals surface area contributed by atoms with Crippen molar-refractivity contribution >= 4 is 45.9 Å². The maximum atomic E-state index is 13.5. The average Bonchev–Trinajstić information content (AvgIpc) is 3.13. The zero-order valence-electron chi connectivity index (χ0n) is 17.1. The number of nitrogens with zero attached hydrogens (tertiary/aromatic N) is 2. The van der Waals surface area contributed by atoms with E-state index in [9.17, 15) is 9.18 Å². The van der Waals surface area contributed by atoms with Crippen molar-refractivity contribution in [2.45, 2.75) is 43.8 Å². The van der Waals surface area contributed by atoms with Gasteiger partial charge in [0.05, 0.1) is 22.5 Å². The third kappa shape index (κ3) is 4.49. The van der Waals surface area contributed by atoms with Crippen molar-refractivity contribution in [3.8, 4) is 0 Å². The largest absolute Gasteiger partial charge is 0.325 e. The van der Waals surface area contributed by atoms with Crippen LogP contribution in [0.1, 0.15) is 42.7 Å². The quantitative estimate of drug-likeness (QED) is 0.518. The molecule has 7 heteroatoms. The number of aryl methyl sites for hydroxylation is 1. The fourth-order valence-electron chi connectivity index (χ4n) is 4.17. The minimum Gasteiger partial charge on any atom is -0.325 e. The van der Waals surface area contributed by atoms with E-state index in [1.54, 1.807) is 24.8 Å². The van der Waals surface area contributed by atoms with Crippen LogP contribution in [0.4, 0.5) is 10.1 Å². The van der Waals surface area contributed by atoms with Crippen LogP contribution in [-0.2, 0) is 11.8 Å². The molecule has 1 saturated carbocycles. The Morgan fingerprint density at radius 1 is 1.27 bits per heavy atom. The molecule has 30 heavy (non-hydrogen) atoms. The van der Waals surface area contributed by atoms with E-state index >= 15 is 0 Å². The summed E-state index contributed by atoms with van der Waals surface area (Å²) in [5.74, 6) is 0.422. The molecular weight excluding hydrogens is 421 g/mol. The summed E-state index contributed by atoms with van der Waals surface area (Å²) in [5.41, 5.74) is 3.68. The molecule has 1 aromatic heterocycles. The zero-order chi connectivity index (χ0) is 21.3. The highest BCUT2D eigenvalue weighted by Gasteiger charge is 2.24. The zero-order valence-corrected chi connectivity index (χ0v) is 18.7. The lowest BCUT2D eigenvalue weighted by Crippen LogP contribution is -2.20. The molecule has 4 rings (SSSR count). The summed E-state index contributed by atoms with van der Waals surface area (Å²) in [7, 11) is 1.96. The molecule has 1 amide bonds. The van der Waals surface area contributed by atoms with E-state index < -0.39 is 5.82 Å². The van der Waals surface area contributed by atoms with Gasteiger partial charge < -0.3 is 5.32 Å². The van der Waals surface area contributed by atoms with E-state index in [1.807, 2.05) is 17.9 Å². The number of anilines is 1. The number of halogens is 2. The highest BCUT2D eigenvalue weighted by Crippen LogP contribution is 2.38. The average molecular weight is 446 g/mol. The van der Waals surface area contributed by atoms with Gasteiger partial charge in [0.2, 0.25) is 5.91 Å². The number of nitrogens with one attached hydrogen (secondary N) is 1. The van der Waals surface area contributed by atoms with Crippen molar-refractivity contribution in [2.75, 3.05) is 11.1 Å². The monoisotopic (exact) mass is 445 g/mol. The molecular formula is C23H25ClFN3OS. The molecule has 2 aromatic carbocycles. The van der Waals surface area contributed by atoms with Gasteiger partial charge >= 0.3 is 0 Å². The molecule has 1 N–H and O–H groups in total. The smallest absolute Gasteiger partial charge is 0.234 e. The molecule has 1 heterocycles. The van der Waals surface area contributed by atoms with Crippen molar-refractivity contribution in [2.24, 2.45) is 7.05 Å². The van der Waals surface area contributed by atoms with E-state index in [2.05, 4.69) is 28.6 Å². The number of hydrogen-bond acceptors (Lipinski definition) is 3. The molecule has 0 radical (unpaired) electrons. The fourth-order valence-corrected chi connectivity index (χ4v) is 5.40. The Hall–Kier alpha value is -2.05. The van der Waals surface area contributed by atoms with Gasteiger partial charge in [0, 0.05) is 23.4 Å². The fraction of sp³-hybridized carbons (Fsp3) is 0.391. The molecule has 0 aliphatic heterocycles. The molecule has 3 aromatic rings. The van der Waals surface area contributed by atoms with Crippen LogP contribution in [0.5, 0.6) is 0 Å². The Morgan fingerprint density at radius 2 is 2.03 bits per heavy atom. The van der Waals surface area contributed by atoms with Crippen LogP contribution in [0.25, 0.3) is 10.9 Å². The van der Waals surface area contributed by atoms with Gasteiger partial charge in [0.15, 0.2) is 0 Å². The highest BCUT2D eigenvalue weighted by molar-refractivity contribution is 8.00. The first-order valence-corrected chi connectivity index (χ1v) is 11.6. The molecule has 1 aliphatic rings. The van der Waals surface area contributed by atoms with Crippen LogP contribution in [-0.4, -0.2) is 26.7 Å². The number of carbonyl (C=O) groups excluding carboxylic acids is 1. The number of benzene rings is 2. The molecule has 1 aliphatic carbocycles. The summed E-state index contributed by atoms with van der Waals surface area (Å²) in [6.07, 6.45) is 6.41. The van der Waals surface area contributed by atoms with Crippen molar-refractivity contribution in [1.82, 2.24) is 9.78 Å². The van der Waals surface area contributed by atoms with E-state index in [0.29, 0.717) is 28.2 Å². The Balaban J connectivity index is 1.27. The first kappa shape index (κ1) is 21.2. The summed E-state index contributed by atoms with van der Waals surface area (Å²) in [4.78, 5) is 12.3. The van der Waals surface area contributed by atoms with Gasteiger partial charge in [-0.15, -0.1) is 11.8 Å². The number of thioether (sulfide) groups is 1. The van der Waals surface area contributed by atoms with E-state index in [-0.39, 0.29) is 10.9 Å². The lowest BCUT2D eigenvalue weighted by molar-refractivity contribution is -0.113. The second-order valence-corrected chi connectivity index (χ2v) is 9.62. The summed E-state index contributed by atoms with van der Waals surface area (Å²) in [6, 6.07) is 9.49. The summed E-state index contributed by atoms with van der Waals surface area (Å²) >= 11 is 7.64. The van der Waals surface area contributed by atoms with Gasteiger partial charge in [-0.05, 0) is 73.9 Å². The van der Waals surface area contributed by atoms with Gasteiger partial charge in [0.1, 0.15) is 5.82 Å². The van der Waals surface area contributed by atoms with Crippen LogP contribution in [0.2, 0.25) is 5.02 Å². The lowest BCUT2D eigenvalue weighted by Gasteiger charge is -2.28. The topological polar surface area (TPSA) is 46.9 Å². The molecule has 4 nitrogen and oxygen atoms in total. The van der Waals surface area contributed by atoms with E-state index in [4.69, 9.17) is 11.6 Å². The lowest BCUT2D eigenvalue weighted by atomic mass is 9.83. The number of fused-ring (bicyclic) bond motifs is 1. The van der Waals surface area contributed by atoms with Crippen molar-refractivity contribution < 1.29 is 9.18 Å². The summed E-state index contributed by atoms with van der Waals surface area (Å²) in [6.45, 7) is 1.71. The minimum atomic E-state index is -0.471. The van der Waals surface area contributed by atoms with Crippen LogP contribution < -0.4 is 5.32 Å². The van der Waals surface area contributed by atoms with E-state index in [0.717, 1.165) is 31.2 Å². The highest BCUT2D eigenvalue weighted by atomic mass is 35.5. The molecule has 0 bridgehead atoms. The first-order valence-electron chi connectivity index (χ1n) is 10.2. The van der Waals surface area contributed by atoms with E-state index in [1.165, 1.54) is 17.0 Å². The van der Waals surface area contributed by atoms with Crippen LogP contribution in [0.15, 0.2) is 36.5 Å². The van der Waals surface area contributed by atoms with Crippen molar-refractivity contribution in [3.63, 3.8) is 0 Å². The van der Waals surface area contributed by atoms with Crippen LogP contribution >= 0.6 is 23.4 Å². The summed E-state index contributed by atoms with van der Waals surface area (Å²) in [5, 5.41) is 8.93. The van der Waals surface area contributed by atoms with Crippen LogP contribution in [0.3, 0.4) is 0 Å². The molecule has 0 atom stereocenters. The van der Waals surface area contributed by atoms with Crippen molar-refractivity contribution in [1.29, 1.82) is 0 Å². The van der Waals surface area contributed by atoms with Gasteiger partial charge in [-0.2, -0.15) is 5.10 Å². The molecule has 1 fully saturated rings. The van der Waals surface area contributed by atoms with Gasteiger partial charge in [-0.25, -0.2) is 4.39 Å². The van der Waals surface area contributed by atoms with Gasteiger partial charge in [-0.1, -0.05) is 17.7 Å². The standard InChI is InChI=1S/C23H25ClFN3OS/c1-14-20(9-8-19(25)23(14)24)27-22(29)13-30-18-6-3-15(4-7-18)16-5-10-21-17(11-16)12-26-28(21)2/h5,8-12,15,18H,3-4,6-7,13H2,1-2H3,(H,27,29). The first-order chi connectivity index (χ1) is 14.4. The van der Waals surface area contributed by atoms with Crippen molar-refractivity contribution in [3.05, 3.63) is 58.5 Å². The number of rotatable bonds is 5. The second-order valence-electron chi connectivity index (χ2n) is 7.95. The predicted molar refractivity (Wildman–Crippen MR) is 123 cm³/mol. The third-order valence-corrected chi connectivity index (χ3v) is 7.82. The van der Waals surface area contributed by atoms with Crippen LogP contribution in [0, 0.1) is 12.7 Å². The number of amides is 1. The molecule has 0 unspecified atom stereocenters. The van der Waals surface area contributed by atoms with Gasteiger partial charge in [-0.3, -0.25) is 9.48 Å². The number of carbonyl (C=O) groups is 1. The number of hydrogen-bond donors (Lipinski definition) is 1. The minimum absolute atomic E-state index is 0.0586. The SMILES string of the molecule is Cc1c(NC(=O)CSC2CCC(c3ccc4c(cnn4C)c3)CC2)ccc(F)c1Cl. The predicted octanol–water partition coefficient (Wildman–Crippen LogP) is 6.07. The third-order valence-electron chi connectivity index (χ3n) is 5.98. The Bertz CT molecular complexity index is 1080. The second kappa shape index (κ2) is 8.98. The Morgan fingerprint density at radius 3 is 2.80 bits per heavy atom. The molecule has 0 spiro atoms. The Labute approximate surface area is 185 Å². The maximum Gasteiger partial charge on any atom is 0.234 e. The normalized spacial score (nSPS) is 19.2. The molecule has 158 valence electrons. The summed E-state index contributed by atoms with van der Waals surface area (Å²) < 4.78 is 15.4. The molecule has 0 saturated heterocycles. The van der Waals surface area contributed by atoms with Gasteiger partial charge in [0.25, 0.3) is 0 Å².